The van der Waals surface area contributed by atoms with E-state index < -0.39 is 5.97 Å². The second-order valence-electron chi connectivity index (χ2n) is 9.63. The van der Waals surface area contributed by atoms with Crippen molar-refractivity contribution in [2.45, 2.75) is 39.2 Å². The fraction of sp³-hybridized carbons (Fsp3) is 0.265. The Morgan fingerprint density at radius 1 is 0.833 bits per heavy atom. The third-order valence-electron chi connectivity index (χ3n) is 6.82. The molecule has 0 heterocycles. The Balaban J connectivity index is 0.000000193. The molecule has 1 aliphatic rings. The molecule has 0 saturated heterocycles. The summed E-state index contributed by atoms with van der Waals surface area (Å²) in [6.45, 7) is 4.56. The van der Waals surface area contributed by atoms with Crippen molar-refractivity contribution in [3.8, 4) is 33.8 Å². The predicted molar refractivity (Wildman–Crippen MR) is 163 cm³/mol. The SMILES string of the molecule is CCOc1cc(-c2ccccc2F)c(Br)cc1C(=O)OC.CCOc1cc(-c2ccccc2F)c(C2CC2)cc1CO. The normalized spacial score (nSPS) is 12.3. The van der Waals surface area contributed by atoms with Gasteiger partial charge in [0, 0.05) is 26.7 Å². The van der Waals surface area contributed by atoms with Crippen molar-refractivity contribution in [2.24, 2.45) is 0 Å². The first-order chi connectivity index (χ1) is 20.3. The molecule has 1 N–H and O–H groups in total. The number of benzene rings is 4. The van der Waals surface area contributed by atoms with Crippen LogP contribution in [0.2, 0.25) is 0 Å². The highest BCUT2D eigenvalue weighted by Crippen LogP contribution is 2.47. The molecule has 0 aliphatic heterocycles. The molecule has 5 nitrogen and oxygen atoms in total. The van der Waals surface area contributed by atoms with Crippen LogP contribution in [0.1, 0.15) is 54.1 Å². The fourth-order valence-corrected chi connectivity index (χ4v) is 5.24. The first-order valence-electron chi connectivity index (χ1n) is 13.8. The number of methoxy groups -OCH3 is 1. The predicted octanol–water partition coefficient (Wildman–Crippen LogP) is 8.70. The molecule has 8 heteroatoms. The lowest BCUT2D eigenvalue weighted by Gasteiger charge is -2.16. The summed E-state index contributed by atoms with van der Waals surface area (Å²) in [5.41, 5.74) is 4.73. The highest BCUT2D eigenvalue weighted by atomic mass is 79.9. The molecular formula is C34H33BrF2O5. The van der Waals surface area contributed by atoms with E-state index in [0.717, 1.165) is 29.5 Å². The minimum atomic E-state index is -0.501. The van der Waals surface area contributed by atoms with Crippen molar-refractivity contribution in [3.05, 3.63) is 106 Å². The number of esters is 1. The zero-order valence-electron chi connectivity index (χ0n) is 23.8. The summed E-state index contributed by atoms with van der Waals surface area (Å²) in [6, 6.07) is 20.3. The Morgan fingerprint density at radius 3 is 1.90 bits per heavy atom. The van der Waals surface area contributed by atoms with E-state index in [1.54, 1.807) is 42.5 Å². The first-order valence-corrected chi connectivity index (χ1v) is 14.6. The highest BCUT2D eigenvalue weighted by Gasteiger charge is 2.28. The Labute approximate surface area is 253 Å². The summed E-state index contributed by atoms with van der Waals surface area (Å²) < 4.78 is 44.5. The number of hydrogen-bond acceptors (Lipinski definition) is 5. The summed E-state index contributed by atoms with van der Waals surface area (Å²) in [5.74, 6) is 0.415. The van der Waals surface area contributed by atoms with Crippen molar-refractivity contribution in [2.75, 3.05) is 20.3 Å². The van der Waals surface area contributed by atoms with Gasteiger partial charge in [-0.05, 0) is 80.1 Å². The van der Waals surface area contributed by atoms with Crippen LogP contribution in [-0.4, -0.2) is 31.4 Å². The van der Waals surface area contributed by atoms with Crippen LogP contribution in [0.25, 0.3) is 22.3 Å². The van der Waals surface area contributed by atoms with Gasteiger partial charge in [-0.1, -0.05) is 52.3 Å². The minimum Gasteiger partial charge on any atom is -0.493 e. The molecule has 0 unspecified atom stereocenters. The summed E-state index contributed by atoms with van der Waals surface area (Å²) in [6.07, 6.45) is 2.25. The molecule has 0 aromatic heterocycles. The summed E-state index contributed by atoms with van der Waals surface area (Å²) in [4.78, 5) is 11.8. The standard InChI is InChI=1S/C18H19FO2.C16H14BrFO3/c1-2-21-18-10-16(14-5-3-4-6-17(14)19)15(12-7-8-12)9-13(18)11-20;1-3-21-15-9-11(10-6-4-5-7-14(10)18)13(17)8-12(15)16(19)20-2/h3-6,9-10,12,20H,2,7-8,11H2,1H3;4-9H,3H2,1-2H3. The van der Waals surface area contributed by atoms with Crippen LogP contribution in [0.5, 0.6) is 11.5 Å². The molecule has 4 aromatic carbocycles. The van der Waals surface area contributed by atoms with E-state index in [0.29, 0.717) is 57.4 Å². The van der Waals surface area contributed by atoms with Crippen LogP contribution < -0.4 is 9.47 Å². The summed E-state index contributed by atoms with van der Waals surface area (Å²) >= 11 is 3.37. The quantitative estimate of drug-likeness (QED) is 0.186. The number of aliphatic hydroxyl groups is 1. The van der Waals surface area contributed by atoms with Crippen LogP contribution in [0, 0.1) is 11.6 Å². The van der Waals surface area contributed by atoms with Gasteiger partial charge in [0.1, 0.15) is 28.7 Å². The molecule has 42 heavy (non-hydrogen) atoms. The number of aliphatic hydroxyl groups excluding tert-OH is 1. The topological polar surface area (TPSA) is 65.0 Å². The van der Waals surface area contributed by atoms with E-state index in [1.807, 2.05) is 32.0 Å². The number of carbonyl (C=O) groups is 1. The van der Waals surface area contributed by atoms with Gasteiger partial charge in [0.05, 0.1) is 26.9 Å². The van der Waals surface area contributed by atoms with Gasteiger partial charge in [-0.15, -0.1) is 0 Å². The van der Waals surface area contributed by atoms with Crippen molar-refractivity contribution in [1.29, 1.82) is 0 Å². The van der Waals surface area contributed by atoms with E-state index in [2.05, 4.69) is 15.9 Å². The molecule has 5 rings (SSSR count). The zero-order chi connectivity index (χ0) is 30.2. The Kier molecular flexibility index (Phi) is 10.7. The second-order valence-corrected chi connectivity index (χ2v) is 10.5. The van der Waals surface area contributed by atoms with Gasteiger partial charge >= 0.3 is 5.97 Å². The summed E-state index contributed by atoms with van der Waals surface area (Å²) in [5, 5.41) is 9.53. The fourth-order valence-electron chi connectivity index (χ4n) is 4.69. The van der Waals surface area contributed by atoms with Crippen molar-refractivity contribution in [3.63, 3.8) is 0 Å². The van der Waals surface area contributed by atoms with Gasteiger partial charge in [-0.2, -0.15) is 0 Å². The van der Waals surface area contributed by atoms with Gasteiger partial charge in [0.15, 0.2) is 0 Å². The molecular weight excluding hydrogens is 606 g/mol. The first kappa shape index (κ1) is 31.2. The number of carbonyl (C=O) groups excluding carboxylic acids is 1. The molecule has 1 fully saturated rings. The highest BCUT2D eigenvalue weighted by molar-refractivity contribution is 9.10. The Bertz CT molecular complexity index is 1550. The molecule has 0 amide bonds. The Hall–Kier alpha value is -3.75. The van der Waals surface area contributed by atoms with E-state index in [-0.39, 0.29) is 18.2 Å². The average molecular weight is 640 g/mol. The monoisotopic (exact) mass is 638 g/mol. The van der Waals surface area contributed by atoms with E-state index >= 15 is 0 Å². The van der Waals surface area contributed by atoms with E-state index in [4.69, 9.17) is 14.2 Å². The summed E-state index contributed by atoms with van der Waals surface area (Å²) in [7, 11) is 1.30. The van der Waals surface area contributed by atoms with Crippen LogP contribution in [0.4, 0.5) is 8.78 Å². The van der Waals surface area contributed by atoms with Crippen molar-refractivity contribution in [1.82, 2.24) is 0 Å². The van der Waals surface area contributed by atoms with Crippen molar-refractivity contribution >= 4 is 21.9 Å². The lowest BCUT2D eigenvalue weighted by Crippen LogP contribution is -2.06. The second kappa shape index (κ2) is 14.4. The molecule has 0 bridgehead atoms. The number of ether oxygens (including phenoxy) is 3. The van der Waals surface area contributed by atoms with Crippen LogP contribution in [-0.2, 0) is 11.3 Å². The molecule has 220 valence electrons. The third-order valence-corrected chi connectivity index (χ3v) is 7.48. The maximum atomic E-state index is 14.1. The maximum Gasteiger partial charge on any atom is 0.341 e. The third kappa shape index (κ3) is 7.17. The molecule has 1 saturated carbocycles. The average Bonchev–Trinajstić information content (AvgIpc) is 3.84. The van der Waals surface area contributed by atoms with Gasteiger partial charge < -0.3 is 19.3 Å². The maximum absolute atomic E-state index is 14.1. The van der Waals surface area contributed by atoms with Crippen LogP contribution in [0.15, 0.2) is 77.3 Å². The lowest BCUT2D eigenvalue weighted by atomic mass is 9.93. The number of hydrogen-bond donors (Lipinski definition) is 1. The van der Waals surface area contributed by atoms with E-state index in [1.165, 1.54) is 19.2 Å². The number of halogens is 3. The molecule has 0 radical (unpaired) electrons. The molecule has 4 aromatic rings. The number of rotatable bonds is 9. The molecule has 0 atom stereocenters. The van der Waals surface area contributed by atoms with E-state index in [9.17, 15) is 18.7 Å². The molecule has 0 spiro atoms. The molecule has 1 aliphatic carbocycles. The smallest absolute Gasteiger partial charge is 0.341 e. The van der Waals surface area contributed by atoms with Gasteiger partial charge in [0.25, 0.3) is 0 Å². The van der Waals surface area contributed by atoms with Crippen LogP contribution in [0.3, 0.4) is 0 Å². The lowest BCUT2D eigenvalue weighted by molar-refractivity contribution is 0.0596. The van der Waals surface area contributed by atoms with Crippen LogP contribution >= 0.6 is 15.9 Å². The minimum absolute atomic E-state index is 0.0629. The Morgan fingerprint density at radius 2 is 1.38 bits per heavy atom. The van der Waals surface area contributed by atoms with Crippen molar-refractivity contribution < 1.29 is 32.9 Å². The van der Waals surface area contributed by atoms with Gasteiger partial charge in [0.2, 0.25) is 0 Å². The van der Waals surface area contributed by atoms with Gasteiger partial charge in [-0.3, -0.25) is 0 Å². The largest absolute Gasteiger partial charge is 0.493 e. The van der Waals surface area contributed by atoms with Gasteiger partial charge in [-0.25, -0.2) is 13.6 Å². The zero-order valence-corrected chi connectivity index (χ0v) is 25.3.